The van der Waals surface area contributed by atoms with Crippen LogP contribution < -0.4 is 0 Å². The van der Waals surface area contributed by atoms with Gasteiger partial charge in [-0.1, -0.05) is 13.3 Å². The van der Waals surface area contributed by atoms with Crippen molar-refractivity contribution in [2.24, 2.45) is 5.92 Å². The number of amides is 1. The van der Waals surface area contributed by atoms with Crippen LogP contribution in [0.4, 0.5) is 0 Å². The van der Waals surface area contributed by atoms with Crippen molar-refractivity contribution >= 4 is 11.9 Å². The van der Waals surface area contributed by atoms with Gasteiger partial charge in [-0.3, -0.25) is 9.59 Å². The second-order valence-electron chi connectivity index (χ2n) is 4.42. The number of likely N-dealkylation sites (tertiary alicyclic amines) is 1. The number of ether oxygens (including phenoxy) is 1. The van der Waals surface area contributed by atoms with Crippen LogP contribution in [-0.4, -0.2) is 48.2 Å². The Labute approximate surface area is 102 Å². The van der Waals surface area contributed by atoms with Gasteiger partial charge < -0.3 is 14.7 Å². The third kappa shape index (κ3) is 4.73. The first-order valence-corrected chi connectivity index (χ1v) is 6.23. The van der Waals surface area contributed by atoms with E-state index in [1.165, 1.54) is 0 Å². The molecule has 17 heavy (non-hydrogen) atoms. The standard InChI is InChI=1S/C12H21NO4/c1-2-3-7-17-9-11(14)13-6-4-5-10(8-13)12(15)16/h10H,2-9H2,1H3,(H,15,16). The number of hydrogen-bond acceptors (Lipinski definition) is 3. The summed E-state index contributed by atoms with van der Waals surface area (Å²) < 4.78 is 5.25. The summed E-state index contributed by atoms with van der Waals surface area (Å²) in [6.07, 6.45) is 3.41. The number of nitrogens with zero attached hydrogens (tertiary/aromatic N) is 1. The molecule has 1 rings (SSSR count). The molecule has 1 saturated heterocycles. The molecule has 0 saturated carbocycles. The van der Waals surface area contributed by atoms with E-state index in [-0.39, 0.29) is 12.5 Å². The molecule has 1 atom stereocenters. The maximum Gasteiger partial charge on any atom is 0.308 e. The van der Waals surface area contributed by atoms with Gasteiger partial charge in [0.05, 0.1) is 5.92 Å². The van der Waals surface area contributed by atoms with Gasteiger partial charge in [-0.25, -0.2) is 0 Å². The van der Waals surface area contributed by atoms with Crippen LogP contribution in [0.2, 0.25) is 0 Å². The fraction of sp³-hybridized carbons (Fsp3) is 0.833. The highest BCUT2D eigenvalue weighted by Crippen LogP contribution is 2.16. The second-order valence-corrected chi connectivity index (χ2v) is 4.42. The number of piperidine rings is 1. The van der Waals surface area contributed by atoms with Crippen molar-refractivity contribution in [2.75, 3.05) is 26.3 Å². The average molecular weight is 243 g/mol. The molecule has 0 aromatic heterocycles. The van der Waals surface area contributed by atoms with Crippen LogP contribution in [0.5, 0.6) is 0 Å². The Morgan fingerprint density at radius 3 is 2.88 bits per heavy atom. The fourth-order valence-electron chi connectivity index (χ4n) is 1.90. The van der Waals surface area contributed by atoms with Crippen LogP contribution in [0.25, 0.3) is 0 Å². The molecule has 98 valence electrons. The summed E-state index contributed by atoms with van der Waals surface area (Å²) in [5.41, 5.74) is 0. The third-order valence-corrected chi connectivity index (χ3v) is 2.99. The summed E-state index contributed by atoms with van der Waals surface area (Å²) in [6.45, 7) is 3.71. The second kappa shape index (κ2) is 7.27. The Bertz CT molecular complexity index is 267. The molecule has 0 radical (unpaired) electrons. The molecule has 5 heteroatoms. The Morgan fingerprint density at radius 1 is 1.47 bits per heavy atom. The summed E-state index contributed by atoms with van der Waals surface area (Å²) in [4.78, 5) is 24.2. The number of carbonyl (C=O) groups is 2. The van der Waals surface area contributed by atoms with Crippen LogP contribution in [-0.2, 0) is 14.3 Å². The summed E-state index contributed by atoms with van der Waals surface area (Å²) in [5, 5.41) is 8.91. The zero-order valence-electron chi connectivity index (χ0n) is 10.4. The normalized spacial score (nSPS) is 20.3. The lowest BCUT2D eigenvalue weighted by Gasteiger charge is -2.30. The van der Waals surface area contributed by atoms with Crippen LogP contribution in [0.1, 0.15) is 32.6 Å². The number of carboxylic acid groups (broad SMARTS) is 1. The van der Waals surface area contributed by atoms with Crippen molar-refractivity contribution < 1.29 is 19.4 Å². The summed E-state index contributed by atoms with van der Waals surface area (Å²) >= 11 is 0. The molecule has 0 bridgehead atoms. The molecule has 1 fully saturated rings. The van der Waals surface area contributed by atoms with E-state index in [9.17, 15) is 9.59 Å². The van der Waals surface area contributed by atoms with Gasteiger partial charge in [0.1, 0.15) is 6.61 Å². The number of carboxylic acids is 1. The Morgan fingerprint density at radius 2 is 2.24 bits per heavy atom. The Kier molecular flexibility index (Phi) is 5.97. The largest absolute Gasteiger partial charge is 0.481 e. The van der Waals surface area contributed by atoms with Crippen molar-refractivity contribution in [3.8, 4) is 0 Å². The first kappa shape index (κ1) is 14.0. The smallest absolute Gasteiger partial charge is 0.308 e. The zero-order chi connectivity index (χ0) is 12.7. The van der Waals surface area contributed by atoms with Gasteiger partial charge in [0.2, 0.25) is 5.91 Å². The first-order chi connectivity index (χ1) is 8.15. The van der Waals surface area contributed by atoms with Crippen molar-refractivity contribution in [1.29, 1.82) is 0 Å². The monoisotopic (exact) mass is 243 g/mol. The Hall–Kier alpha value is -1.10. The number of unbranched alkanes of at least 4 members (excludes halogenated alkanes) is 1. The summed E-state index contributed by atoms with van der Waals surface area (Å²) in [7, 11) is 0. The minimum absolute atomic E-state index is 0.0757. The van der Waals surface area contributed by atoms with Gasteiger partial charge >= 0.3 is 5.97 Å². The van der Waals surface area contributed by atoms with Gasteiger partial charge in [-0.15, -0.1) is 0 Å². The van der Waals surface area contributed by atoms with Crippen LogP contribution in [0.15, 0.2) is 0 Å². The topological polar surface area (TPSA) is 66.8 Å². The molecule has 0 aliphatic carbocycles. The van der Waals surface area contributed by atoms with E-state index in [4.69, 9.17) is 9.84 Å². The molecular weight excluding hydrogens is 222 g/mol. The third-order valence-electron chi connectivity index (χ3n) is 2.99. The average Bonchev–Trinajstić information content (AvgIpc) is 2.34. The van der Waals surface area contributed by atoms with Crippen molar-refractivity contribution in [3.63, 3.8) is 0 Å². The molecule has 0 spiro atoms. The number of carbonyl (C=O) groups excluding carboxylic acids is 1. The number of hydrogen-bond donors (Lipinski definition) is 1. The van der Waals surface area contributed by atoms with E-state index in [0.717, 1.165) is 19.3 Å². The Balaban J connectivity index is 2.28. The molecule has 1 heterocycles. The summed E-state index contributed by atoms with van der Waals surface area (Å²) in [5.74, 6) is -1.32. The predicted molar refractivity (Wildman–Crippen MR) is 62.7 cm³/mol. The van der Waals surface area contributed by atoms with E-state index in [1.54, 1.807) is 4.90 Å². The SMILES string of the molecule is CCCCOCC(=O)N1CCCC(C(=O)O)C1. The van der Waals surface area contributed by atoms with Crippen molar-refractivity contribution in [1.82, 2.24) is 4.90 Å². The van der Waals surface area contributed by atoms with Gasteiger partial charge in [0, 0.05) is 19.7 Å². The quantitative estimate of drug-likeness (QED) is 0.710. The maximum absolute atomic E-state index is 11.7. The number of aliphatic carboxylic acids is 1. The lowest BCUT2D eigenvalue weighted by molar-refractivity contribution is -0.147. The van der Waals surface area contributed by atoms with E-state index >= 15 is 0 Å². The van der Waals surface area contributed by atoms with Gasteiger partial charge in [-0.2, -0.15) is 0 Å². The lowest BCUT2D eigenvalue weighted by Crippen LogP contribution is -2.43. The van der Waals surface area contributed by atoms with Crippen LogP contribution in [0, 0.1) is 5.92 Å². The van der Waals surface area contributed by atoms with E-state index in [0.29, 0.717) is 26.1 Å². The highest BCUT2D eigenvalue weighted by Gasteiger charge is 2.27. The minimum Gasteiger partial charge on any atom is -0.481 e. The van der Waals surface area contributed by atoms with Gasteiger partial charge in [0.15, 0.2) is 0 Å². The van der Waals surface area contributed by atoms with E-state index in [1.807, 2.05) is 0 Å². The molecule has 0 aromatic rings. The van der Waals surface area contributed by atoms with Crippen LogP contribution >= 0.6 is 0 Å². The first-order valence-electron chi connectivity index (χ1n) is 6.23. The fourth-order valence-corrected chi connectivity index (χ4v) is 1.90. The molecule has 5 nitrogen and oxygen atoms in total. The molecule has 0 aromatic carbocycles. The molecule has 1 unspecified atom stereocenters. The van der Waals surface area contributed by atoms with Crippen molar-refractivity contribution in [2.45, 2.75) is 32.6 Å². The molecular formula is C12H21NO4. The highest BCUT2D eigenvalue weighted by molar-refractivity contribution is 5.79. The van der Waals surface area contributed by atoms with Crippen molar-refractivity contribution in [3.05, 3.63) is 0 Å². The maximum atomic E-state index is 11.7. The van der Waals surface area contributed by atoms with E-state index < -0.39 is 11.9 Å². The minimum atomic E-state index is -0.811. The molecule has 1 N–H and O–H groups in total. The van der Waals surface area contributed by atoms with Gasteiger partial charge in [0.25, 0.3) is 0 Å². The molecule has 1 aliphatic heterocycles. The number of rotatable bonds is 6. The van der Waals surface area contributed by atoms with Crippen LogP contribution in [0.3, 0.4) is 0 Å². The van der Waals surface area contributed by atoms with Gasteiger partial charge in [-0.05, 0) is 19.3 Å². The zero-order valence-corrected chi connectivity index (χ0v) is 10.4. The highest BCUT2D eigenvalue weighted by atomic mass is 16.5. The van der Waals surface area contributed by atoms with E-state index in [2.05, 4.69) is 6.92 Å². The predicted octanol–water partition coefficient (Wildman–Crippen LogP) is 1.13. The molecule has 1 amide bonds. The summed E-state index contributed by atoms with van der Waals surface area (Å²) in [6, 6.07) is 0. The molecule has 1 aliphatic rings. The lowest BCUT2D eigenvalue weighted by atomic mass is 9.98.